The van der Waals surface area contributed by atoms with Crippen molar-refractivity contribution >= 4 is 29.5 Å². The third kappa shape index (κ3) is 9.91. The van der Waals surface area contributed by atoms with E-state index in [4.69, 9.17) is 26.2 Å². The Morgan fingerprint density at radius 1 is 0.907 bits per heavy atom. The highest BCUT2D eigenvalue weighted by atomic mass is 16.5. The van der Waals surface area contributed by atoms with Gasteiger partial charge in [0.05, 0.1) is 12.6 Å². The summed E-state index contributed by atoms with van der Waals surface area (Å²) in [4.78, 5) is 70.8. The Morgan fingerprint density at radius 2 is 1.56 bits per heavy atom. The van der Waals surface area contributed by atoms with Crippen LogP contribution in [0.15, 0.2) is 54.6 Å². The number of benzene rings is 3. The molecule has 0 radical (unpaired) electrons. The Labute approximate surface area is 314 Å². The minimum absolute atomic E-state index is 0.0285. The molecule has 7 N–H and O–H groups in total. The molecule has 15 heteroatoms. The van der Waals surface area contributed by atoms with Gasteiger partial charge in [0.2, 0.25) is 23.6 Å². The standard InChI is InChI=1S/C39H48N8O7/c1-23-6-9-28(24(2)18-23)39(52)46(4)22-34(48)47(5)35-27-8-11-33(54-17-14-42)30(21-27)29-19-26(7-10-32(29)53-16-13-41)20-31(37(50)43-15-12-40)45-36(49)25(3)44-38(35)51/h6-11,18-19,21,25,31,35H,13-17,20,22,41-42H2,1-5H3,(H,43,50)(H,44,51)(H,45,49)/t25-,31-,35-/m0/s1. The molecule has 0 aromatic heterocycles. The Morgan fingerprint density at radius 3 is 2.19 bits per heavy atom. The van der Waals surface area contributed by atoms with Crippen LogP contribution in [-0.4, -0.2) is 105 Å². The molecule has 3 aromatic rings. The van der Waals surface area contributed by atoms with E-state index < -0.39 is 41.8 Å². The number of rotatable bonds is 12. The summed E-state index contributed by atoms with van der Waals surface area (Å²) in [7, 11) is 2.95. The van der Waals surface area contributed by atoms with Gasteiger partial charge in [0.25, 0.3) is 5.91 Å². The zero-order valence-corrected chi connectivity index (χ0v) is 31.2. The second kappa shape index (κ2) is 18.7. The van der Waals surface area contributed by atoms with Gasteiger partial charge in [0.1, 0.15) is 49.4 Å². The van der Waals surface area contributed by atoms with Crippen molar-refractivity contribution in [3.8, 4) is 28.7 Å². The monoisotopic (exact) mass is 740 g/mol. The van der Waals surface area contributed by atoms with Crippen molar-refractivity contribution in [3.63, 3.8) is 0 Å². The van der Waals surface area contributed by atoms with Gasteiger partial charge in [-0.3, -0.25) is 24.0 Å². The second-order valence-corrected chi connectivity index (χ2v) is 13.1. The van der Waals surface area contributed by atoms with Crippen molar-refractivity contribution in [2.45, 2.75) is 45.3 Å². The smallest absolute Gasteiger partial charge is 0.254 e. The lowest BCUT2D eigenvalue weighted by Crippen LogP contribution is -2.55. The number of nitrogens with one attached hydrogen (secondary N) is 3. The van der Waals surface area contributed by atoms with Crippen LogP contribution in [0.3, 0.4) is 0 Å². The van der Waals surface area contributed by atoms with Crippen molar-refractivity contribution in [3.05, 3.63) is 82.4 Å². The Balaban J connectivity index is 1.85. The molecule has 1 aliphatic rings. The normalized spacial score (nSPS) is 16.8. The predicted molar refractivity (Wildman–Crippen MR) is 201 cm³/mol. The lowest BCUT2D eigenvalue weighted by Gasteiger charge is -2.31. The van der Waals surface area contributed by atoms with Gasteiger partial charge < -0.3 is 46.7 Å². The molecule has 1 aliphatic heterocycles. The SMILES string of the molecule is Cc1ccc(C(=O)N(C)CC(=O)N(C)[C@@H]2C(=O)N[C@@H](C)C(=O)N[C@H](C(=O)NCC#N)Cc3ccc(OCCN)c(c3)-c3cc2ccc3OCCN)c(C)c1. The molecule has 5 amide bonds. The maximum absolute atomic E-state index is 14.2. The number of carbonyl (C=O) groups excluding carboxylic acids is 5. The van der Waals surface area contributed by atoms with Gasteiger partial charge in [-0.2, -0.15) is 5.26 Å². The number of amides is 5. The molecule has 3 atom stereocenters. The largest absolute Gasteiger partial charge is 0.492 e. The number of hydrogen-bond acceptors (Lipinski definition) is 10. The first-order valence-corrected chi connectivity index (χ1v) is 17.6. The number of ether oxygens (including phenoxy) is 2. The van der Waals surface area contributed by atoms with Crippen molar-refractivity contribution in [1.82, 2.24) is 25.8 Å². The van der Waals surface area contributed by atoms with Crippen LogP contribution in [0.2, 0.25) is 0 Å². The summed E-state index contributed by atoms with van der Waals surface area (Å²) in [5.41, 5.74) is 15.8. The Kier molecular flexibility index (Phi) is 14.1. The van der Waals surface area contributed by atoms with Gasteiger partial charge in [-0.25, -0.2) is 0 Å². The summed E-state index contributed by atoms with van der Waals surface area (Å²) in [6.07, 6.45) is 0.0285. The van der Waals surface area contributed by atoms with E-state index in [9.17, 15) is 24.0 Å². The summed E-state index contributed by atoms with van der Waals surface area (Å²) >= 11 is 0. The zero-order chi connectivity index (χ0) is 39.5. The average Bonchev–Trinajstić information content (AvgIpc) is 3.14. The molecule has 1 heterocycles. The molecule has 4 rings (SSSR count). The number of nitriles is 1. The first kappa shape index (κ1) is 40.8. The summed E-state index contributed by atoms with van der Waals surface area (Å²) in [5.74, 6) is -2.06. The quantitative estimate of drug-likeness (QED) is 0.166. The molecular formula is C39H48N8O7. The van der Waals surface area contributed by atoms with Crippen molar-refractivity contribution < 1.29 is 33.4 Å². The van der Waals surface area contributed by atoms with Gasteiger partial charge in [-0.1, -0.05) is 29.8 Å². The number of carbonyl (C=O) groups is 5. The summed E-state index contributed by atoms with van der Waals surface area (Å²) in [5, 5.41) is 17.0. The van der Waals surface area contributed by atoms with Crippen LogP contribution in [0.5, 0.6) is 11.5 Å². The highest BCUT2D eigenvalue weighted by Gasteiger charge is 2.34. The lowest BCUT2D eigenvalue weighted by atomic mass is 9.93. The lowest BCUT2D eigenvalue weighted by molar-refractivity contribution is -0.140. The molecule has 3 aromatic carbocycles. The van der Waals surface area contributed by atoms with Gasteiger partial charge in [-0.15, -0.1) is 0 Å². The van der Waals surface area contributed by atoms with E-state index in [1.54, 1.807) is 42.5 Å². The van der Waals surface area contributed by atoms with Crippen molar-refractivity contribution in [1.29, 1.82) is 5.26 Å². The van der Waals surface area contributed by atoms with Crippen LogP contribution >= 0.6 is 0 Å². The summed E-state index contributed by atoms with van der Waals surface area (Å²) in [6.45, 7) is 5.33. The van der Waals surface area contributed by atoms with Crippen molar-refractivity contribution in [2.24, 2.45) is 11.5 Å². The minimum atomic E-state index is -1.30. The van der Waals surface area contributed by atoms with Gasteiger partial charge >= 0.3 is 0 Å². The fourth-order valence-corrected chi connectivity index (χ4v) is 6.12. The van der Waals surface area contributed by atoms with Crippen LogP contribution < -0.4 is 36.9 Å². The van der Waals surface area contributed by atoms with Crippen LogP contribution in [0.4, 0.5) is 0 Å². The number of nitrogens with zero attached hydrogens (tertiary/aromatic N) is 3. The van der Waals surface area contributed by atoms with E-state index >= 15 is 0 Å². The number of aryl methyl sites for hydroxylation is 2. The van der Waals surface area contributed by atoms with Crippen molar-refractivity contribution in [2.75, 3.05) is 53.5 Å². The van der Waals surface area contributed by atoms with E-state index in [-0.39, 0.29) is 51.7 Å². The Hall–Kier alpha value is -5.98. The molecule has 0 saturated heterocycles. The van der Waals surface area contributed by atoms with Crippen LogP contribution in [-0.2, 0) is 25.6 Å². The van der Waals surface area contributed by atoms with Crippen LogP contribution in [0, 0.1) is 25.2 Å². The third-order valence-corrected chi connectivity index (χ3v) is 8.93. The first-order chi connectivity index (χ1) is 25.8. The van der Waals surface area contributed by atoms with E-state index in [1.165, 1.54) is 30.8 Å². The van der Waals surface area contributed by atoms with Gasteiger partial charge in [-0.05, 0) is 67.8 Å². The molecule has 0 aliphatic carbocycles. The van der Waals surface area contributed by atoms with Crippen LogP contribution in [0.25, 0.3) is 11.1 Å². The fraction of sp³-hybridized carbons (Fsp3) is 0.385. The second-order valence-electron chi connectivity index (χ2n) is 13.1. The molecule has 54 heavy (non-hydrogen) atoms. The fourth-order valence-electron chi connectivity index (χ4n) is 6.12. The van der Waals surface area contributed by atoms with Gasteiger partial charge in [0, 0.05) is 50.3 Å². The minimum Gasteiger partial charge on any atom is -0.492 e. The molecule has 4 bridgehead atoms. The third-order valence-electron chi connectivity index (χ3n) is 8.93. The molecule has 0 unspecified atom stereocenters. The molecule has 0 fully saturated rings. The molecule has 286 valence electrons. The Bertz CT molecular complexity index is 1930. The molecule has 0 spiro atoms. The van der Waals surface area contributed by atoms with E-state index in [1.807, 2.05) is 32.0 Å². The maximum Gasteiger partial charge on any atom is 0.254 e. The maximum atomic E-state index is 14.2. The van der Waals surface area contributed by atoms with Gasteiger partial charge in [0.15, 0.2) is 0 Å². The zero-order valence-electron chi connectivity index (χ0n) is 31.2. The number of nitrogens with two attached hydrogens (primary N) is 2. The molecular weight excluding hydrogens is 692 g/mol. The highest BCUT2D eigenvalue weighted by Crippen LogP contribution is 2.40. The number of hydrogen-bond donors (Lipinski definition) is 5. The summed E-state index contributed by atoms with van der Waals surface area (Å²) < 4.78 is 12.1. The van der Waals surface area contributed by atoms with E-state index in [0.717, 1.165) is 11.1 Å². The summed E-state index contributed by atoms with van der Waals surface area (Å²) in [6, 6.07) is 13.9. The molecule has 0 saturated carbocycles. The topological polar surface area (TPSA) is 222 Å². The van der Waals surface area contributed by atoms with Crippen LogP contribution in [0.1, 0.15) is 45.6 Å². The average molecular weight is 741 g/mol. The highest BCUT2D eigenvalue weighted by molar-refractivity contribution is 5.99. The number of likely N-dealkylation sites (N-methyl/N-ethyl adjacent to an activating group) is 2. The van der Waals surface area contributed by atoms with E-state index in [2.05, 4.69) is 16.0 Å². The number of fused-ring (bicyclic) bond motifs is 5. The first-order valence-electron chi connectivity index (χ1n) is 17.6. The van der Waals surface area contributed by atoms with E-state index in [0.29, 0.717) is 39.3 Å². The predicted octanol–water partition coefficient (Wildman–Crippen LogP) is 1.10. The molecule has 15 nitrogen and oxygen atoms in total.